The maximum Gasteiger partial charge on any atom is 0.323 e. The third kappa shape index (κ3) is 129. The normalized spacial score (nSPS) is 12.9. The lowest BCUT2D eigenvalue weighted by Gasteiger charge is -2.30. The van der Waals surface area contributed by atoms with E-state index in [1.807, 2.05) is 187 Å². The van der Waals surface area contributed by atoms with E-state index in [1.54, 1.807) is 90.0 Å². The Morgan fingerprint density at radius 3 is 0.970 bits per heavy atom. The second kappa shape index (κ2) is 69.2. The number of nitrogens with one attached hydrogen (secondary N) is 2. The monoisotopic (exact) mass is 1910 g/mol. The zero-order chi connectivity index (χ0) is 109. The van der Waals surface area contributed by atoms with Crippen LogP contribution in [0.5, 0.6) is 0 Å². The molecule has 133 heavy (non-hydrogen) atoms. The van der Waals surface area contributed by atoms with E-state index >= 15 is 0 Å². The Kier molecular flexibility index (Phi) is 78.7. The maximum absolute atomic E-state index is 11.8. The molecule has 0 heterocycles. The summed E-state index contributed by atoms with van der Waals surface area (Å²) in [7, 11) is 0. The Labute approximate surface area is 821 Å². The van der Waals surface area contributed by atoms with Crippen molar-refractivity contribution in [3.8, 4) is 0 Å². The van der Waals surface area contributed by atoms with E-state index in [0.717, 1.165) is 19.6 Å². The molecule has 0 saturated heterocycles. The van der Waals surface area contributed by atoms with Gasteiger partial charge in [-0.1, -0.05) is 194 Å². The van der Waals surface area contributed by atoms with Gasteiger partial charge in [-0.25, -0.2) is 0 Å². The maximum atomic E-state index is 11.8. The molecule has 0 saturated carbocycles. The first-order chi connectivity index (χ1) is 58.1. The highest BCUT2D eigenvalue weighted by Gasteiger charge is 2.34. The van der Waals surface area contributed by atoms with E-state index in [1.165, 1.54) is 25.7 Å². The summed E-state index contributed by atoms with van der Waals surface area (Å²) in [6.07, 6.45) is 7.29. The summed E-state index contributed by atoms with van der Waals surface area (Å²) in [6, 6.07) is -1.32. The number of esters is 5. The third-order valence-corrected chi connectivity index (χ3v) is 15.8. The Bertz CT molecular complexity index is 2940. The summed E-state index contributed by atoms with van der Waals surface area (Å²) >= 11 is 0. The Hall–Kier alpha value is -4.66. The van der Waals surface area contributed by atoms with Gasteiger partial charge in [0.15, 0.2) is 12.1 Å². The minimum Gasteiger partial charge on any atom is -0.464 e. The van der Waals surface area contributed by atoms with Gasteiger partial charge in [-0.15, -0.1) is 0 Å². The first-order valence-corrected chi connectivity index (χ1v) is 49.1. The van der Waals surface area contributed by atoms with Gasteiger partial charge >= 0.3 is 29.8 Å². The van der Waals surface area contributed by atoms with Crippen LogP contribution in [-0.2, 0) is 95.3 Å². The predicted molar refractivity (Wildman–Crippen MR) is 557 cm³/mol. The molecule has 0 aliphatic rings. The summed E-state index contributed by atoms with van der Waals surface area (Å²) in [5.41, 5.74) is 9.58. The number of rotatable bonds is 29. The zero-order valence-electron chi connectivity index (χ0n) is 98.5. The van der Waals surface area contributed by atoms with Crippen molar-refractivity contribution in [2.75, 3.05) is 33.1 Å². The molecular formula is C109H224N4O20. The van der Waals surface area contributed by atoms with Crippen LogP contribution in [0.4, 0.5) is 0 Å². The fraction of sp³-hybridized carbons (Fsp3) is 0.908. The number of Topliss-reactive ketones (excluding diaryl/α,β-unsaturated/α-hetero) is 4. The number of ketones is 4. The lowest BCUT2D eigenvalue weighted by Crippen LogP contribution is -2.39. The number of amides is 1. The number of ether oxygens (including phenoxy) is 10. The van der Waals surface area contributed by atoms with Gasteiger partial charge in [0.05, 0.1) is 70.1 Å². The van der Waals surface area contributed by atoms with Crippen molar-refractivity contribution in [3.63, 3.8) is 0 Å². The van der Waals surface area contributed by atoms with Gasteiger partial charge in [0, 0.05) is 64.9 Å². The molecule has 0 aliphatic heterocycles. The molecule has 0 bridgehead atoms. The molecule has 1 amide bonds. The average molecular weight is 1910 g/mol. The zero-order valence-corrected chi connectivity index (χ0v) is 98.5. The van der Waals surface area contributed by atoms with Crippen LogP contribution in [0.3, 0.4) is 0 Å². The highest BCUT2D eigenvalue weighted by Crippen LogP contribution is 2.29. The van der Waals surface area contributed by atoms with Gasteiger partial charge in [-0.2, -0.15) is 0 Å². The van der Waals surface area contributed by atoms with Crippen molar-refractivity contribution in [3.05, 3.63) is 0 Å². The summed E-state index contributed by atoms with van der Waals surface area (Å²) in [5, 5.41) is 6.15. The Balaban J connectivity index is -0.000000138. The molecule has 2 unspecified atom stereocenters. The molecule has 0 aromatic rings. The molecule has 0 aromatic carbocycles. The number of hydrogen-bond donors (Lipinski definition) is 4. The third-order valence-electron chi connectivity index (χ3n) is 15.8. The SMILES string of the molecule is CC(C)(C)C(=O)C(C)(C)C.CC(C)(C)C(=O)CCC(N)C(=O)C(C)(C)C.CC(C)(C)CCCNC(C)(C)C.CC(C)(C)CCCOC(C)(C)C.CC(C)(C)OC(=O)CCC(N)C(=O)OC(C)(C)C.CC(C)(C)OC(C)(C)C.CC(C)(C)OCOC(C)(C)C.CC(C)C(=O)NCCOC(=O)C(C)C.CC(C)C(=O)OC(=O)C(C)(C)C.CC(C)CC(=O)C(C)C.CC(C)OC(C)OC(C)C. The van der Waals surface area contributed by atoms with Crippen molar-refractivity contribution in [1.29, 1.82) is 0 Å². The topological polar surface area (TPSA) is 339 Å². The van der Waals surface area contributed by atoms with Crippen LogP contribution in [0.1, 0.15) is 473 Å². The molecule has 0 spiro atoms. The Morgan fingerprint density at radius 1 is 0.346 bits per heavy atom. The summed E-state index contributed by atoms with van der Waals surface area (Å²) in [4.78, 5) is 113. The minimum absolute atomic E-state index is 0.0156. The predicted octanol–water partition coefficient (Wildman–Crippen LogP) is 25.9. The smallest absolute Gasteiger partial charge is 0.323 e. The van der Waals surface area contributed by atoms with Gasteiger partial charge < -0.3 is 69.5 Å². The first-order valence-electron chi connectivity index (χ1n) is 49.1. The number of carbonyl (C=O) groups excluding carboxylic acids is 10. The Morgan fingerprint density at radius 2 is 0.714 bits per heavy atom. The molecule has 6 N–H and O–H groups in total. The number of nitrogens with two attached hydrogens (primary N) is 2. The van der Waals surface area contributed by atoms with Crippen molar-refractivity contribution < 1.29 is 95.3 Å². The van der Waals surface area contributed by atoms with E-state index < -0.39 is 52.0 Å². The molecule has 0 aliphatic carbocycles. The van der Waals surface area contributed by atoms with Gasteiger partial charge in [0.1, 0.15) is 48.0 Å². The van der Waals surface area contributed by atoms with Crippen LogP contribution in [0.15, 0.2) is 0 Å². The van der Waals surface area contributed by atoms with E-state index in [-0.39, 0.29) is 141 Å². The second-order valence-electron chi connectivity index (χ2n) is 52.0. The van der Waals surface area contributed by atoms with Crippen LogP contribution >= 0.6 is 0 Å². The standard InChI is InChI=1S/C13H25NO4.C13H25NO2.C11H25N.C11H24O.C10H19NO3.C9H16O3.C9H20O2.C9H18O.C8H18O2.C8H18O.C8H16O/c1-12(2,3)17-10(15)8-7-9(14)11(16)18-13(4,5)6;1-12(2,3)10(15)8-7-9(14)11(16)13(4,5)6;2*1-10(2,3)8-7-9-12-11(4,5)6;1-7(2)9(12)11-5-6-14-10(13)8(3)4;1-6(2)7(10)12-8(11)9(3,4)5;1-8(2,3)10-7-11-9(4,5)6;1-8(2,3)7(10)9(4,5)6;1-6(2)9-8(5)10-7(3)4;1-7(2,3)9-8(4,5)6;1-6(2)5-8(9)7(3)4/h9H,7-8,14H2,1-6H3;9H,7-8,14H2,1-6H3;12H,7-9H2,1-6H3;7-9H2,1-6H3;7-8H,5-6H2,1-4H3,(H,11,12);6H,1-5H3;7H2,1-6H3;1-6H3;6-8H,1-5H3;1-6H3;6-7H,5H2,1-4H3. The summed E-state index contributed by atoms with van der Waals surface area (Å²) < 4.78 is 52.4. The van der Waals surface area contributed by atoms with E-state index in [4.69, 9.17) is 54.1 Å². The van der Waals surface area contributed by atoms with Crippen molar-refractivity contribution in [1.82, 2.24) is 10.6 Å². The quantitative estimate of drug-likeness (QED) is 0.0178. The highest BCUT2D eigenvalue weighted by atomic mass is 16.7. The second-order valence-corrected chi connectivity index (χ2v) is 52.0. The first kappa shape index (κ1) is 151. The molecule has 0 aromatic heterocycles. The molecule has 0 radical (unpaired) electrons. The summed E-state index contributed by atoms with van der Waals surface area (Å²) in [6.45, 7) is 121. The molecule has 24 nitrogen and oxygen atoms in total. The fourth-order valence-electron chi connectivity index (χ4n) is 9.50. The van der Waals surface area contributed by atoms with Crippen molar-refractivity contribution >= 4 is 58.9 Å². The largest absolute Gasteiger partial charge is 0.464 e. The minimum atomic E-state index is -0.795. The van der Waals surface area contributed by atoms with E-state index in [9.17, 15) is 47.9 Å². The van der Waals surface area contributed by atoms with Crippen LogP contribution in [0.2, 0.25) is 0 Å². The highest BCUT2D eigenvalue weighted by molar-refractivity contribution is 5.90. The van der Waals surface area contributed by atoms with E-state index in [2.05, 4.69) is 154 Å². The van der Waals surface area contributed by atoms with Gasteiger partial charge in [-0.05, 0) is 283 Å². The fourth-order valence-corrected chi connectivity index (χ4v) is 9.50. The molecule has 0 fully saturated rings. The van der Waals surface area contributed by atoms with Gasteiger partial charge in [0.2, 0.25) is 5.91 Å². The van der Waals surface area contributed by atoms with Crippen LogP contribution in [-0.4, -0.2) is 167 Å². The molecular weight excluding hydrogens is 1690 g/mol. The average Bonchev–Trinajstić information content (AvgIpc) is 0.850. The lowest BCUT2D eigenvalue weighted by molar-refractivity contribution is -0.170. The van der Waals surface area contributed by atoms with E-state index in [0.29, 0.717) is 54.5 Å². The van der Waals surface area contributed by atoms with Crippen LogP contribution < -0.4 is 22.1 Å². The lowest BCUT2D eigenvalue weighted by atomic mass is 9.76. The van der Waals surface area contributed by atoms with Gasteiger partial charge in [0.25, 0.3) is 0 Å². The summed E-state index contributed by atoms with van der Waals surface area (Å²) in [5.74, 6) is -0.836. The molecule has 800 valence electrons. The number of hydrogen-bond acceptors (Lipinski definition) is 23. The molecule has 0 rings (SSSR count). The number of carbonyl (C=O) groups is 10. The molecule has 24 heteroatoms. The van der Waals surface area contributed by atoms with Crippen molar-refractivity contribution in [2.45, 2.75) is 549 Å². The molecule has 2 atom stereocenters. The van der Waals surface area contributed by atoms with Crippen LogP contribution in [0, 0.1) is 67.5 Å². The van der Waals surface area contributed by atoms with Gasteiger partial charge in [-0.3, -0.25) is 47.9 Å². The van der Waals surface area contributed by atoms with Crippen LogP contribution in [0.25, 0.3) is 0 Å². The van der Waals surface area contributed by atoms with Crippen molar-refractivity contribution in [2.24, 2.45) is 79.0 Å².